The number of nitriles is 1. The van der Waals surface area contributed by atoms with Gasteiger partial charge in [-0.15, -0.1) is 0 Å². The standard InChI is InChI=1S/C25H23ClN4O3/c1-14-18(26)8-5-9-19(14)29-20-11-25(2,3)12-21(31)23(20)22(17(13-27)24(29)28)15-6-4-7-16(10-15)30(32)33/h4-10,22H,11-12,28H2,1-3H3/t22-/m0/s1. The average Bonchev–Trinajstić information content (AvgIpc) is 2.75. The van der Waals surface area contributed by atoms with E-state index >= 15 is 0 Å². The van der Waals surface area contributed by atoms with Gasteiger partial charge in [0.05, 0.1) is 28.2 Å². The molecule has 33 heavy (non-hydrogen) atoms. The zero-order valence-corrected chi connectivity index (χ0v) is 19.3. The van der Waals surface area contributed by atoms with Crippen molar-refractivity contribution in [1.29, 1.82) is 5.26 Å². The number of non-ortho nitro benzene ring substituents is 1. The Balaban J connectivity index is 2.04. The van der Waals surface area contributed by atoms with E-state index in [4.69, 9.17) is 17.3 Å². The van der Waals surface area contributed by atoms with E-state index in [9.17, 15) is 20.2 Å². The largest absolute Gasteiger partial charge is 0.384 e. The van der Waals surface area contributed by atoms with Crippen molar-refractivity contribution in [2.24, 2.45) is 11.1 Å². The molecule has 0 amide bonds. The highest BCUT2D eigenvalue weighted by Gasteiger charge is 2.45. The average molecular weight is 463 g/mol. The highest BCUT2D eigenvalue weighted by atomic mass is 35.5. The van der Waals surface area contributed by atoms with E-state index in [2.05, 4.69) is 6.07 Å². The summed E-state index contributed by atoms with van der Waals surface area (Å²) >= 11 is 6.39. The first kappa shape index (κ1) is 22.6. The number of benzene rings is 2. The minimum atomic E-state index is -0.774. The van der Waals surface area contributed by atoms with E-state index in [1.54, 1.807) is 29.2 Å². The van der Waals surface area contributed by atoms with Gasteiger partial charge in [-0.3, -0.25) is 19.8 Å². The van der Waals surface area contributed by atoms with Crippen LogP contribution < -0.4 is 10.6 Å². The molecule has 0 radical (unpaired) electrons. The summed E-state index contributed by atoms with van der Waals surface area (Å²) in [5, 5.41) is 22.1. The van der Waals surface area contributed by atoms with Crippen molar-refractivity contribution in [3.63, 3.8) is 0 Å². The van der Waals surface area contributed by atoms with Gasteiger partial charge in [-0.1, -0.05) is 43.6 Å². The number of ketones is 1. The molecule has 0 aromatic heterocycles. The van der Waals surface area contributed by atoms with Crippen LogP contribution in [0.3, 0.4) is 0 Å². The maximum Gasteiger partial charge on any atom is 0.269 e. The van der Waals surface area contributed by atoms with Crippen LogP contribution >= 0.6 is 11.6 Å². The Morgan fingerprint density at radius 2 is 1.94 bits per heavy atom. The summed E-state index contributed by atoms with van der Waals surface area (Å²) in [6, 6.07) is 13.7. The summed E-state index contributed by atoms with van der Waals surface area (Å²) < 4.78 is 0. The van der Waals surface area contributed by atoms with Crippen LogP contribution in [0.25, 0.3) is 0 Å². The monoisotopic (exact) mass is 462 g/mol. The summed E-state index contributed by atoms with van der Waals surface area (Å²) in [7, 11) is 0. The molecule has 4 rings (SSSR count). The molecule has 7 nitrogen and oxygen atoms in total. The number of carbonyl (C=O) groups is 1. The first-order valence-corrected chi connectivity index (χ1v) is 10.9. The Bertz CT molecular complexity index is 1300. The molecule has 0 bridgehead atoms. The van der Waals surface area contributed by atoms with Crippen molar-refractivity contribution in [2.75, 3.05) is 4.90 Å². The first-order valence-electron chi connectivity index (χ1n) is 10.5. The number of nitro groups is 1. The Kier molecular flexibility index (Phi) is 5.51. The molecule has 1 aliphatic carbocycles. The van der Waals surface area contributed by atoms with Crippen molar-refractivity contribution >= 4 is 28.8 Å². The second-order valence-electron chi connectivity index (χ2n) is 9.22. The lowest BCUT2D eigenvalue weighted by Gasteiger charge is -2.44. The van der Waals surface area contributed by atoms with Crippen molar-refractivity contribution in [3.8, 4) is 6.07 Å². The zero-order chi connectivity index (χ0) is 24.1. The molecule has 0 fully saturated rings. The second-order valence-corrected chi connectivity index (χ2v) is 9.62. The molecular formula is C25H23ClN4O3. The lowest BCUT2D eigenvalue weighted by molar-refractivity contribution is -0.384. The van der Waals surface area contributed by atoms with Crippen LogP contribution in [0.2, 0.25) is 5.02 Å². The number of rotatable bonds is 3. The van der Waals surface area contributed by atoms with Gasteiger partial charge in [0.1, 0.15) is 5.82 Å². The van der Waals surface area contributed by atoms with Crippen LogP contribution in [-0.4, -0.2) is 10.7 Å². The maximum absolute atomic E-state index is 13.5. The molecule has 2 N–H and O–H groups in total. The molecule has 0 spiro atoms. The lowest BCUT2D eigenvalue weighted by Crippen LogP contribution is -2.42. The Hall–Kier alpha value is -3.63. The normalized spacial score (nSPS) is 19.9. The van der Waals surface area contributed by atoms with E-state index in [-0.39, 0.29) is 28.3 Å². The number of carbonyl (C=O) groups excluding carboxylic acids is 1. The molecular weight excluding hydrogens is 440 g/mol. The van der Waals surface area contributed by atoms with Gasteiger partial charge in [0.15, 0.2) is 5.78 Å². The van der Waals surface area contributed by atoms with Crippen LogP contribution in [0.5, 0.6) is 0 Å². The first-order chi connectivity index (χ1) is 15.6. The molecule has 8 heteroatoms. The van der Waals surface area contributed by atoms with E-state index in [1.165, 1.54) is 12.1 Å². The van der Waals surface area contributed by atoms with Crippen LogP contribution in [0.15, 0.2) is 65.1 Å². The molecule has 0 saturated heterocycles. The fourth-order valence-electron chi connectivity index (χ4n) is 4.77. The van der Waals surface area contributed by atoms with Gasteiger partial charge in [0, 0.05) is 34.8 Å². The molecule has 1 aliphatic heterocycles. The SMILES string of the molecule is Cc1c(Cl)cccc1N1C(N)=C(C#N)[C@H](c2cccc([N+](=O)[O-])c2)C2=C1CC(C)(C)CC2=O. The van der Waals surface area contributed by atoms with Crippen LogP contribution in [0.4, 0.5) is 11.4 Å². The van der Waals surface area contributed by atoms with Crippen molar-refractivity contribution in [2.45, 2.75) is 39.5 Å². The predicted octanol–water partition coefficient (Wildman–Crippen LogP) is 5.50. The fraction of sp³-hybridized carbons (Fsp3) is 0.280. The van der Waals surface area contributed by atoms with Crippen LogP contribution in [0.1, 0.15) is 43.7 Å². The number of allylic oxidation sites excluding steroid dienone is 3. The maximum atomic E-state index is 13.5. The van der Waals surface area contributed by atoms with E-state index < -0.39 is 10.8 Å². The summed E-state index contributed by atoms with van der Waals surface area (Å²) in [5.41, 5.74) is 9.49. The summed E-state index contributed by atoms with van der Waals surface area (Å²) in [6.45, 7) is 5.89. The zero-order valence-electron chi connectivity index (χ0n) is 18.6. The number of hydrogen-bond acceptors (Lipinski definition) is 6. The molecule has 168 valence electrons. The Morgan fingerprint density at radius 3 is 2.61 bits per heavy atom. The lowest BCUT2D eigenvalue weighted by atomic mass is 9.68. The second kappa shape index (κ2) is 8.05. The highest BCUT2D eigenvalue weighted by Crippen LogP contribution is 2.51. The van der Waals surface area contributed by atoms with Gasteiger partial charge in [-0.25, -0.2) is 0 Å². The van der Waals surface area contributed by atoms with Crippen molar-refractivity contribution < 1.29 is 9.72 Å². The van der Waals surface area contributed by atoms with Gasteiger partial charge in [-0.05, 0) is 42.0 Å². The highest BCUT2D eigenvalue weighted by molar-refractivity contribution is 6.31. The number of Topliss-reactive ketones (excluding diaryl/α,β-unsaturated/α-hetero) is 1. The van der Waals surface area contributed by atoms with Gasteiger partial charge >= 0.3 is 0 Å². The molecule has 1 heterocycles. The number of hydrogen-bond donors (Lipinski definition) is 1. The molecule has 2 aromatic carbocycles. The Labute approximate surface area is 196 Å². The van der Waals surface area contributed by atoms with Gasteiger partial charge < -0.3 is 5.73 Å². The third-order valence-corrected chi connectivity index (χ3v) is 6.68. The van der Waals surface area contributed by atoms with E-state index in [0.717, 1.165) is 5.56 Å². The third-order valence-electron chi connectivity index (χ3n) is 6.28. The molecule has 1 atom stereocenters. The smallest absolute Gasteiger partial charge is 0.269 e. The third kappa shape index (κ3) is 3.77. The summed E-state index contributed by atoms with van der Waals surface area (Å²) in [6.07, 6.45) is 0.850. The van der Waals surface area contributed by atoms with Crippen molar-refractivity contribution in [3.05, 3.63) is 91.4 Å². The number of anilines is 1. The van der Waals surface area contributed by atoms with E-state index in [1.807, 2.05) is 26.8 Å². The minimum absolute atomic E-state index is 0.0947. The molecule has 2 aliphatic rings. The number of nitro benzene ring substituents is 1. The fourth-order valence-corrected chi connectivity index (χ4v) is 4.94. The summed E-state index contributed by atoms with van der Waals surface area (Å²) in [5.74, 6) is -0.671. The van der Waals surface area contributed by atoms with Crippen molar-refractivity contribution in [1.82, 2.24) is 0 Å². The molecule has 0 saturated carbocycles. The van der Waals surface area contributed by atoms with Gasteiger partial charge in [0.25, 0.3) is 5.69 Å². The number of nitrogens with two attached hydrogens (primary N) is 1. The van der Waals surface area contributed by atoms with Crippen LogP contribution in [-0.2, 0) is 4.79 Å². The minimum Gasteiger partial charge on any atom is -0.384 e. The molecule has 0 unspecified atom stereocenters. The van der Waals surface area contributed by atoms with E-state index in [0.29, 0.717) is 40.4 Å². The summed E-state index contributed by atoms with van der Waals surface area (Å²) in [4.78, 5) is 26.2. The van der Waals surface area contributed by atoms with Gasteiger partial charge in [-0.2, -0.15) is 5.26 Å². The van der Waals surface area contributed by atoms with Gasteiger partial charge in [0.2, 0.25) is 0 Å². The topological polar surface area (TPSA) is 113 Å². The number of halogens is 1. The Morgan fingerprint density at radius 1 is 1.24 bits per heavy atom. The predicted molar refractivity (Wildman–Crippen MR) is 126 cm³/mol. The quantitative estimate of drug-likeness (QED) is 0.476. The van der Waals surface area contributed by atoms with Crippen LogP contribution in [0, 0.1) is 33.8 Å². The number of nitrogens with zero attached hydrogens (tertiary/aromatic N) is 3. The molecule has 2 aromatic rings.